The normalized spacial score (nSPS) is 10.3. The molecule has 0 aliphatic heterocycles. The molecule has 0 aliphatic carbocycles. The third-order valence-corrected chi connectivity index (χ3v) is 3.87. The number of anilines is 2. The molecule has 3 aromatic rings. The summed E-state index contributed by atoms with van der Waals surface area (Å²) in [4.78, 5) is 20.7. The van der Waals surface area contributed by atoms with Gasteiger partial charge in [0.25, 0.3) is 0 Å². The van der Waals surface area contributed by atoms with Gasteiger partial charge in [0, 0.05) is 5.69 Å². The van der Waals surface area contributed by atoms with Crippen molar-refractivity contribution in [3.8, 4) is 17.5 Å². The number of aromatic nitrogens is 2. The van der Waals surface area contributed by atoms with E-state index in [-0.39, 0.29) is 11.8 Å². The Bertz CT molecular complexity index is 970. The Morgan fingerprint density at radius 2 is 1.61 bits per heavy atom. The lowest BCUT2D eigenvalue weighted by molar-refractivity contribution is 0.262. The molecule has 1 heterocycles. The molecular weight excluding hydrogens is 363 g/mol. The fourth-order valence-electron chi connectivity index (χ4n) is 2.49. The maximum atomic E-state index is 13.7. The first-order valence-electron chi connectivity index (χ1n) is 8.46. The van der Waals surface area contributed by atoms with Gasteiger partial charge in [-0.25, -0.2) is 9.18 Å². The van der Waals surface area contributed by atoms with E-state index >= 15 is 0 Å². The predicted octanol–water partition coefficient (Wildman–Crippen LogP) is 4.68. The molecule has 0 bridgehead atoms. The fraction of sp³-hybridized carbons (Fsp3) is 0.150. The number of urea groups is 1. The predicted molar refractivity (Wildman–Crippen MR) is 104 cm³/mol. The number of amides is 2. The van der Waals surface area contributed by atoms with Crippen molar-refractivity contribution in [2.45, 2.75) is 13.8 Å². The molecular formula is C20H19FN4O3. The minimum Gasteiger partial charge on any atom is -0.497 e. The van der Waals surface area contributed by atoms with Crippen molar-refractivity contribution in [2.75, 3.05) is 17.7 Å². The van der Waals surface area contributed by atoms with Crippen molar-refractivity contribution in [3.05, 3.63) is 65.7 Å². The number of methoxy groups -OCH3 is 1. The number of nitrogens with zero attached hydrogens (tertiary/aromatic N) is 2. The number of benzene rings is 2. The largest absolute Gasteiger partial charge is 0.497 e. The first-order chi connectivity index (χ1) is 13.5. The van der Waals surface area contributed by atoms with Gasteiger partial charge in [0.1, 0.15) is 5.75 Å². The number of nitrogens with one attached hydrogen (secondary N) is 2. The highest BCUT2D eigenvalue weighted by Crippen LogP contribution is 2.25. The third kappa shape index (κ3) is 4.53. The molecule has 0 spiro atoms. The van der Waals surface area contributed by atoms with Crippen LogP contribution in [0.15, 0.2) is 48.5 Å². The van der Waals surface area contributed by atoms with Crippen LogP contribution in [0.1, 0.15) is 11.4 Å². The van der Waals surface area contributed by atoms with Gasteiger partial charge in [-0.3, -0.25) is 0 Å². The van der Waals surface area contributed by atoms with Crippen LogP contribution >= 0.6 is 0 Å². The Balaban J connectivity index is 1.71. The molecule has 2 amide bonds. The monoisotopic (exact) mass is 382 g/mol. The average molecular weight is 382 g/mol. The first-order valence-corrected chi connectivity index (χ1v) is 8.46. The molecule has 8 heteroatoms. The lowest BCUT2D eigenvalue weighted by atomic mass is 10.3. The zero-order valence-electron chi connectivity index (χ0n) is 15.6. The van der Waals surface area contributed by atoms with Crippen molar-refractivity contribution >= 4 is 17.4 Å². The van der Waals surface area contributed by atoms with Crippen molar-refractivity contribution in [2.24, 2.45) is 0 Å². The zero-order chi connectivity index (χ0) is 20.1. The van der Waals surface area contributed by atoms with E-state index in [9.17, 15) is 9.18 Å². The van der Waals surface area contributed by atoms with Gasteiger partial charge in [0.2, 0.25) is 0 Å². The van der Waals surface area contributed by atoms with Crippen LogP contribution in [0.25, 0.3) is 0 Å². The van der Waals surface area contributed by atoms with Crippen LogP contribution in [0, 0.1) is 19.7 Å². The zero-order valence-corrected chi connectivity index (χ0v) is 15.6. The van der Waals surface area contributed by atoms with Crippen LogP contribution in [0.3, 0.4) is 0 Å². The summed E-state index contributed by atoms with van der Waals surface area (Å²) in [5.74, 6) is 0.207. The van der Waals surface area contributed by atoms with Crippen LogP contribution in [0.5, 0.6) is 17.5 Å². The summed E-state index contributed by atoms with van der Waals surface area (Å²) in [6.45, 7) is 3.40. The molecule has 2 N–H and O–H groups in total. The molecule has 28 heavy (non-hydrogen) atoms. The van der Waals surface area contributed by atoms with Crippen LogP contribution in [0.4, 0.5) is 20.6 Å². The molecule has 0 aliphatic rings. The second-order valence-electron chi connectivity index (χ2n) is 5.89. The third-order valence-electron chi connectivity index (χ3n) is 3.87. The van der Waals surface area contributed by atoms with E-state index in [1.54, 1.807) is 57.4 Å². The molecule has 7 nitrogen and oxygen atoms in total. The van der Waals surface area contributed by atoms with Crippen molar-refractivity contribution in [1.82, 2.24) is 9.97 Å². The Kier molecular flexibility index (Phi) is 5.69. The quantitative estimate of drug-likeness (QED) is 0.669. The molecule has 144 valence electrons. The number of ether oxygens (including phenoxy) is 2. The fourth-order valence-corrected chi connectivity index (χ4v) is 2.49. The minimum atomic E-state index is -0.512. The number of rotatable bonds is 5. The van der Waals surface area contributed by atoms with Gasteiger partial charge in [-0.05, 0) is 50.2 Å². The highest BCUT2D eigenvalue weighted by atomic mass is 19.1. The van der Waals surface area contributed by atoms with Gasteiger partial charge < -0.3 is 20.1 Å². The topological polar surface area (TPSA) is 85.4 Å². The number of para-hydroxylation sites is 1. The molecule has 0 unspecified atom stereocenters. The van der Waals surface area contributed by atoms with Crippen LogP contribution in [-0.2, 0) is 0 Å². The van der Waals surface area contributed by atoms with Crippen molar-refractivity contribution in [3.63, 3.8) is 0 Å². The van der Waals surface area contributed by atoms with E-state index in [2.05, 4.69) is 20.6 Å². The lowest BCUT2D eigenvalue weighted by Gasteiger charge is -2.13. The van der Waals surface area contributed by atoms with E-state index in [1.807, 2.05) is 0 Å². The minimum absolute atomic E-state index is 0.00112. The summed E-state index contributed by atoms with van der Waals surface area (Å²) < 4.78 is 24.2. The highest BCUT2D eigenvalue weighted by Gasteiger charge is 2.14. The van der Waals surface area contributed by atoms with Gasteiger partial charge in [0.05, 0.1) is 24.2 Å². The van der Waals surface area contributed by atoms with Gasteiger partial charge in [-0.15, -0.1) is 0 Å². The average Bonchev–Trinajstić information content (AvgIpc) is 2.67. The Labute approximate surface area is 161 Å². The van der Waals surface area contributed by atoms with E-state index in [0.29, 0.717) is 28.5 Å². The summed E-state index contributed by atoms with van der Waals surface area (Å²) in [6, 6.07) is 12.5. The van der Waals surface area contributed by atoms with Crippen molar-refractivity contribution in [1.29, 1.82) is 0 Å². The van der Waals surface area contributed by atoms with E-state index in [0.717, 1.165) is 0 Å². The second-order valence-corrected chi connectivity index (χ2v) is 5.89. The maximum absolute atomic E-state index is 13.7. The van der Waals surface area contributed by atoms with E-state index in [4.69, 9.17) is 9.47 Å². The number of hydrogen-bond acceptors (Lipinski definition) is 5. The van der Waals surface area contributed by atoms with Gasteiger partial charge >= 0.3 is 12.0 Å². The highest BCUT2D eigenvalue weighted by molar-refractivity contribution is 6.00. The second kappa shape index (κ2) is 8.34. The van der Waals surface area contributed by atoms with E-state index in [1.165, 1.54) is 12.1 Å². The number of carbonyl (C=O) groups is 1. The molecule has 0 radical (unpaired) electrons. The number of carbonyl (C=O) groups excluding carboxylic acids is 1. The van der Waals surface area contributed by atoms with Gasteiger partial charge in [-0.2, -0.15) is 9.97 Å². The van der Waals surface area contributed by atoms with Gasteiger partial charge in [0.15, 0.2) is 11.6 Å². The molecule has 0 fully saturated rings. The maximum Gasteiger partial charge on any atom is 0.323 e. The van der Waals surface area contributed by atoms with Crippen LogP contribution in [0.2, 0.25) is 0 Å². The Hall–Kier alpha value is -3.68. The molecule has 1 aromatic heterocycles. The van der Waals surface area contributed by atoms with E-state index < -0.39 is 11.8 Å². The van der Waals surface area contributed by atoms with Crippen molar-refractivity contribution < 1.29 is 18.7 Å². The van der Waals surface area contributed by atoms with Crippen LogP contribution < -0.4 is 20.1 Å². The molecule has 0 atom stereocenters. The van der Waals surface area contributed by atoms with Crippen LogP contribution in [-0.4, -0.2) is 23.1 Å². The summed E-state index contributed by atoms with van der Waals surface area (Å²) in [5, 5.41) is 5.44. The smallest absolute Gasteiger partial charge is 0.323 e. The molecule has 2 aromatic carbocycles. The molecule has 0 saturated heterocycles. The SMILES string of the molecule is COc1ccc(NC(=O)Nc2c(C)nc(Oc3ccccc3F)nc2C)cc1. The molecule has 3 rings (SSSR count). The molecule has 0 saturated carbocycles. The summed E-state index contributed by atoms with van der Waals surface area (Å²) in [7, 11) is 1.57. The summed E-state index contributed by atoms with van der Waals surface area (Å²) in [5.41, 5.74) is 2.04. The summed E-state index contributed by atoms with van der Waals surface area (Å²) in [6.07, 6.45) is 0. The number of aryl methyl sites for hydroxylation is 2. The Morgan fingerprint density at radius 3 is 2.21 bits per heavy atom. The summed E-state index contributed by atoms with van der Waals surface area (Å²) >= 11 is 0. The Morgan fingerprint density at radius 1 is 0.964 bits per heavy atom. The van der Waals surface area contributed by atoms with Gasteiger partial charge in [-0.1, -0.05) is 12.1 Å². The lowest BCUT2D eigenvalue weighted by Crippen LogP contribution is -2.21. The first kappa shape index (κ1) is 19.1. The standard InChI is InChI=1S/C20H19FN4O3/c1-12-18(25-19(26)24-14-8-10-15(27-3)11-9-14)13(2)23-20(22-12)28-17-7-5-4-6-16(17)21/h4-11H,1-3H3,(H2,24,25,26). The number of halogens is 1. The number of hydrogen-bond donors (Lipinski definition) is 2.